The van der Waals surface area contributed by atoms with Crippen LogP contribution in [0.25, 0.3) is 5.69 Å². The number of hydrogen-bond donors (Lipinski definition) is 4. The highest BCUT2D eigenvalue weighted by molar-refractivity contribution is 5.96. The van der Waals surface area contributed by atoms with Gasteiger partial charge in [0.1, 0.15) is 0 Å². The lowest BCUT2D eigenvalue weighted by Gasteiger charge is -2.19. The number of carbonyl (C=O) groups excluding carboxylic acids is 3. The van der Waals surface area contributed by atoms with E-state index in [0.717, 1.165) is 5.56 Å². The number of nitrogens with one attached hydrogen (secondary N) is 3. The Hall–Kier alpha value is -4.14. The molecule has 9 nitrogen and oxygen atoms in total. The van der Waals surface area contributed by atoms with E-state index < -0.39 is 11.8 Å². The van der Waals surface area contributed by atoms with Gasteiger partial charge in [0, 0.05) is 18.5 Å². The number of aromatic nitrogens is 2. The molecule has 3 amide bonds. The van der Waals surface area contributed by atoms with Crippen molar-refractivity contribution in [3.05, 3.63) is 77.6 Å². The topological polar surface area (TPSA) is 125 Å². The summed E-state index contributed by atoms with van der Waals surface area (Å²) in [4.78, 5) is 36.5. The van der Waals surface area contributed by atoms with Gasteiger partial charge in [-0.25, -0.2) is 4.68 Å². The smallest absolute Gasteiger partial charge is 0.294 e. The van der Waals surface area contributed by atoms with Crippen molar-refractivity contribution in [2.45, 2.75) is 32.6 Å². The highest BCUT2D eigenvalue weighted by Gasteiger charge is 2.18. The van der Waals surface area contributed by atoms with E-state index in [1.54, 1.807) is 36.4 Å². The highest BCUT2D eigenvalue weighted by atomic mass is 16.3. The summed E-state index contributed by atoms with van der Waals surface area (Å²) in [6, 6.07) is 16.3. The van der Waals surface area contributed by atoms with Crippen molar-refractivity contribution < 1.29 is 19.5 Å². The molecule has 0 aliphatic heterocycles. The third-order valence-electron chi connectivity index (χ3n) is 4.90. The van der Waals surface area contributed by atoms with Gasteiger partial charge in [-0.3, -0.25) is 25.2 Å². The summed E-state index contributed by atoms with van der Waals surface area (Å²) in [5.74, 6) is -1.88. The van der Waals surface area contributed by atoms with E-state index >= 15 is 0 Å². The summed E-state index contributed by atoms with van der Waals surface area (Å²) in [6.45, 7) is 6.37. The molecule has 0 saturated heterocycles. The Bertz CT molecular complexity index is 1130. The second-order valence-electron chi connectivity index (χ2n) is 8.48. The molecule has 33 heavy (non-hydrogen) atoms. The maximum atomic E-state index is 12.2. The van der Waals surface area contributed by atoms with E-state index in [0.29, 0.717) is 11.3 Å². The van der Waals surface area contributed by atoms with Gasteiger partial charge in [-0.05, 0) is 35.2 Å². The van der Waals surface area contributed by atoms with Gasteiger partial charge in [0.2, 0.25) is 5.91 Å². The van der Waals surface area contributed by atoms with Gasteiger partial charge in [-0.15, -0.1) is 0 Å². The number of aromatic hydroxyl groups is 1. The molecule has 1 heterocycles. The Morgan fingerprint density at radius 2 is 1.61 bits per heavy atom. The fourth-order valence-corrected chi connectivity index (χ4v) is 3.00. The molecule has 0 bridgehead atoms. The van der Waals surface area contributed by atoms with Crippen LogP contribution in [0.2, 0.25) is 0 Å². The normalized spacial score (nSPS) is 11.0. The second-order valence-corrected chi connectivity index (χ2v) is 8.48. The molecule has 0 saturated carbocycles. The molecule has 9 heteroatoms. The van der Waals surface area contributed by atoms with Crippen LogP contribution >= 0.6 is 0 Å². The van der Waals surface area contributed by atoms with Crippen LogP contribution in [0.5, 0.6) is 5.75 Å². The highest BCUT2D eigenvalue weighted by Crippen LogP contribution is 2.22. The number of carbonyl (C=O) groups is 3. The molecular formula is C24H27N5O4. The van der Waals surface area contributed by atoms with Crippen LogP contribution in [0.4, 0.5) is 0 Å². The van der Waals surface area contributed by atoms with Crippen LogP contribution in [-0.4, -0.2) is 39.2 Å². The third kappa shape index (κ3) is 6.19. The van der Waals surface area contributed by atoms with Gasteiger partial charge < -0.3 is 10.4 Å². The zero-order valence-electron chi connectivity index (χ0n) is 18.8. The first kappa shape index (κ1) is 23.5. The number of hydrazine groups is 1. The average molecular weight is 450 g/mol. The minimum atomic E-state index is -0.765. The number of hydrogen-bond acceptors (Lipinski definition) is 5. The van der Waals surface area contributed by atoms with E-state index in [4.69, 9.17) is 0 Å². The summed E-state index contributed by atoms with van der Waals surface area (Å²) in [5, 5.41) is 16.7. The molecule has 3 rings (SSSR count). The number of para-hydroxylation sites is 1. The summed E-state index contributed by atoms with van der Waals surface area (Å²) in [6.07, 6.45) is 1.26. The number of nitrogens with zero attached hydrogens (tertiary/aromatic N) is 2. The van der Waals surface area contributed by atoms with Crippen LogP contribution in [0.1, 0.15) is 53.6 Å². The maximum absolute atomic E-state index is 12.2. The van der Waals surface area contributed by atoms with Crippen molar-refractivity contribution in [2.75, 3.05) is 6.54 Å². The first-order chi connectivity index (χ1) is 15.6. The van der Waals surface area contributed by atoms with Gasteiger partial charge in [0.25, 0.3) is 11.8 Å². The van der Waals surface area contributed by atoms with Crippen LogP contribution in [0, 0.1) is 0 Å². The van der Waals surface area contributed by atoms with Crippen molar-refractivity contribution in [1.29, 1.82) is 0 Å². The summed E-state index contributed by atoms with van der Waals surface area (Å²) in [5.41, 5.74) is 6.50. The van der Waals surface area contributed by atoms with Gasteiger partial charge in [0.05, 0.1) is 11.9 Å². The van der Waals surface area contributed by atoms with E-state index in [2.05, 4.69) is 42.0 Å². The average Bonchev–Trinajstić information content (AvgIpc) is 3.19. The minimum Gasteiger partial charge on any atom is -0.504 e. The van der Waals surface area contributed by atoms with E-state index in [1.165, 1.54) is 10.9 Å². The predicted molar refractivity (Wildman–Crippen MR) is 123 cm³/mol. The Balaban J connectivity index is 1.45. The minimum absolute atomic E-state index is 0.00595. The number of amides is 3. The Kier molecular flexibility index (Phi) is 7.12. The van der Waals surface area contributed by atoms with Gasteiger partial charge in [0.15, 0.2) is 11.4 Å². The SMILES string of the molecule is CC(C)(C)c1ccc(C(=O)NCCC(=O)NNC(=O)c2nn(-c3ccccc3)cc2O)cc1. The first-order valence-electron chi connectivity index (χ1n) is 10.5. The molecule has 0 aliphatic carbocycles. The fraction of sp³-hybridized carbons (Fsp3) is 0.250. The molecule has 0 radical (unpaired) electrons. The van der Waals surface area contributed by atoms with Crippen molar-refractivity contribution in [3.8, 4) is 11.4 Å². The number of rotatable bonds is 6. The summed E-state index contributed by atoms with van der Waals surface area (Å²) < 4.78 is 1.36. The Labute approximate surface area is 191 Å². The third-order valence-corrected chi connectivity index (χ3v) is 4.90. The lowest BCUT2D eigenvalue weighted by molar-refractivity contribution is -0.121. The zero-order valence-corrected chi connectivity index (χ0v) is 18.8. The summed E-state index contributed by atoms with van der Waals surface area (Å²) in [7, 11) is 0. The maximum Gasteiger partial charge on any atom is 0.294 e. The van der Waals surface area contributed by atoms with Gasteiger partial charge >= 0.3 is 0 Å². The molecule has 172 valence electrons. The second kappa shape index (κ2) is 9.99. The van der Waals surface area contributed by atoms with E-state index in [9.17, 15) is 19.5 Å². The standard InChI is InChI=1S/C24H27N5O4/c1-24(2,3)17-11-9-16(10-12-17)22(32)25-14-13-20(31)26-27-23(33)21-19(30)15-29(28-21)18-7-5-4-6-8-18/h4-12,15,30H,13-14H2,1-3H3,(H,25,32)(H,26,31)(H,27,33). The Morgan fingerprint density at radius 3 is 2.24 bits per heavy atom. The lowest BCUT2D eigenvalue weighted by Crippen LogP contribution is -2.43. The first-order valence-corrected chi connectivity index (χ1v) is 10.5. The molecule has 0 fully saturated rings. The lowest BCUT2D eigenvalue weighted by atomic mass is 9.87. The van der Waals surface area contributed by atoms with Gasteiger partial charge in [-0.1, -0.05) is 51.1 Å². The summed E-state index contributed by atoms with van der Waals surface area (Å²) >= 11 is 0. The largest absolute Gasteiger partial charge is 0.504 e. The molecular weight excluding hydrogens is 422 g/mol. The van der Waals surface area contributed by atoms with Crippen LogP contribution in [0.15, 0.2) is 60.8 Å². The van der Waals surface area contributed by atoms with Gasteiger partial charge in [-0.2, -0.15) is 5.10 Å². The predicted octanol–water partition coefficient (Wildman–Crippen LogP) is 2.46. The van der Waals surface area contributed by atoms with Crippen molar-refractivity contribution in [3.63, 3.8) is 0 Å². The van der Waals surface area contributed by atoms with Crippen LogP contribution < -0.4 is 16.2 Å². The van der Waals surface area contributed by atoms with Crippen molar-refractivity contribution >= 4 is 17.7 Å². The quantitative estimate of drug-likeness (QED) is 0.430. The van der Waals surface area contributed by atoms with Crippen molar-refractivity contribution in [1.82, 2.24) is 25.9 Å². The van der Waals surface area contributed by atoms with Crippen LogP contribution in [-0.2, 0) is 10.2 Å². The molecule has 0 spiro atoms. The monoisotopic (exact) mass is 449 g/mol. The fourth-order valence-electron chi connectivity index (χ4n) is 3.00. The molecule has 1 aromatic heterocycles. The number of benzene rings is 2. The van der Waals surface area contributed by atoms with E-state index in [-0.39, 0.29) is 35.7 Å². The zero-order chi connectivity index (χ0) is 24.0. The van der Waals surface area contributed by atoms with Crippen LogP contribution in [0.3, 0.4) is 0 Å². The molecule has 0 unspecified atom stereocenters. The van der Waals surface area contributed by atoms with Crippen molar-refractivity contribution in [2.24, 2.45) is 0 Å². The molecule has 0 atom stereocenters. The molecule has 2 aromatic carbocycles. The molecule has 4 N–H and O–H groups in total. The van der Waals surface area contributed by atoms with E-state index in [1.807, 2.05) is 18.2 Å². The molecule has 3 aromatic rings. The Morgan fingerprint density at radius 1 is 0.939 bits per heavy atom. The molecule has 0 aliphatic rings.